The predicted octanol–water partition coefficient (Wildman–Crippen LogP) is 5.35. The molecule has 1 nitrogen and oxygen atoms in total. The summed E-state index contributed by atoms with van der Waals surface area (Å²) in [6.07, 6.45) is 0.467. The summed E-state index contributed by atoms with van der Waals surface area (Å²) >= 11 is 11.6. The monoisotopic (exact) mass is 312 g/mol. The quantitative estimate of drug-likeness (QED) is 0.694. The van der Waals surface area contributed by atoms with Crippen LogP contribution in [0.15, 0.2) is 24.3 Å². The molecule has 0 aliphatic rings. The molecular weight excluding hydrogens is 298 g/mol. The lowest BCUT2D eigenvalue weighted by Crippen LogP contribution is -1.97. The van der Waals surface area contributed by atoms with Gasteiger partial charge in [0.25, 0.3) is 0 Å². The van der Waals surface area contributed by atoms with Gasteiger partial charge in [0.15, 0.2) is 0 Å². The zero-order chi connectivity index (χ0) is 14.9. The lowest BCUT2D eigenvalue weighted by atomic mass is 9.99. The van der Waals surface area contributed by atoms with Crippen LogP contribution < -0.4 is 4.74 Å². The van der Waals surface area contributed by atoms with Crippen LogP contribution in [-0.2, 0) is 6.42 Å². The van der Waals surface area contributed by atoms with E-state index in [9.17, 15) is 4.39 Å². The minimum absolute atomic E-state index is 0.0221. The van der Waals surface area contributed by atoms with E-state index < -0.39 is 5.82 Å². The van der Waals surface area contributed by atoms with Crippen molar-refractivity contribution in [3.63, 3.8) is 0 Å². The van der Waals surface area contributed by atoms with Crippen LogP contribution in [0.1, 0.15) is 22.3 Å². The lowest BCUT2D eigenvalue weighted by Gasteiger charge is -2.12. The smallest absolute Gasteiger partial charge is 0.146 e. The topological polar surface area (TPSA) is 9.23 Å². The molecule has 0 saturated heterocycles. The largest absolute Gasteiger partial charge is 0.496 e. The first-order valence-electron chi connectivity index (χ1n) is 6.20. The molecule has 0 heterocycles. The number of aryl methyl sites for hydroxylation is 2. The number of halogens is 3. The van der Waals surface area contributed by atoms with E-state index in [1.54, 1.807) is 19.2 Å². The zero-order valence-electron chi connectivity index (χ0n) is 11.6. The van der Waals surface area contributed by atoms with E-state index in [1.165, 1.54) is 0 Å². The van der Waals surface area contributed by atoms with Crippen LogP contribution in [0.5, 0.6) is 5.75 Å². The molecule has 0 fully saturated rings. The van der Waals surface area contributed by atoms with Gasteiger partial charge in [-0.1, -0.05) is 41.4 Å². The predicted molar refractivity (Wildman–Crippen MR) is 81.7 cm³/mol. The molecule has 0 spiro atoms. The zero-order valence-corrected chi connectivity index (χ0v) is 13.1. The first-order chi connectivity index (χ1) is 9.43. The molecule has 20 heavy (non-hydrogen) atoms. The van der Waals surface area contributed by atoms with E-state index in [4.69, 9.17) is 27.9 Å². The Morgan fingerprint density at radius 2 is 1.70 bits per heavy atom. The minimum Gasteiger partial charge on any atom is -0.496 e. The van der Waals surface area contributed by atoms with E-state index in [2.05, 4.69) is 0 Å². The van der Waals surface area contributed by atoms with Crippen LogP contribution in [0, 0.1) is 19.7 Å². The maximum Gasteiger partial charge on any atom is 0.146 e. The van der Waals surface area contributed by atoms with Crippen molar-refractivity contribution in [3.05, 3.63) is 62.4 Å². The Bertz CT molecular complexity index is 630. The maximum absolute atomic E-state index is 14.1. The van der Waals surface area contributed by atoms with Gasteiger partial charge in [-0.15, -0.1) is 0 Å². The van der Waals surface area contributed by atoms with Gasteiger partial charge in [-0.3, -0.25) is 0 Å². The number of ether oxygens (including phenoxy) is 1. The van der Waals surface area contributed by atoms with Gasteiger partial charge in [0.2, 0.25) is 0 Å². The highest BCUT2D eigenvalue weighted by Crippen LogP contribution is 2.30. The summed E-state index contributed by atoms with van der Waals surface area (Å²) in [5.74, 6) is 0.411. The summed E-state index contributed by atoms with van der Waals surface area (Å²) in [6.45, 7) is 3.95. The number of benzene rings is 2. The normalized spacial score (nSPS) is 10.7. The van der Waals surface area contributed by atoms with Crippen molar-refractivity contribution in [2.45, 2.75) is 20.3 Å². The second-order valence-electron chi connectivity index (χ2n) is 4.77. The molecule has 2 aromatic rings. The van der Waals surface area contributed by atoms with Crippen LogP contribution in [0.25, 0.3) is 0 Å². The number of hydrogen-bond donors (Lipinski definition) is 0. The van der Waals surface area contributed by atoms with Gasteiger partial charge < -0.3 is 4.74 Å². The Balaban J connectivity index is 2.38. The van der Waals surface area contributed by atoms with Gasteiger partial charge in [-0.2, -0.15) is 0 Å². The van der Waals surface area contributed by atoms with E-state index in [-0.39, 0.29) is 10.0 Å². The Hall–Kier alpha value is -1.25. The molecule has 0 saturated carbocycles. The molecule has 0 aliphatic carbocycles. The fourth-order valence-corrected chi connectivity index (χ4v) is 2.72. The number of rotatable bonds is 3. The fourth-order valence-electron chi connectivity index (χ4n) is 2.39. The molecule has 4 heteroatoms. The highest BCUT2D eigenvalue weighted by Gasteiger charge is 2.12. The van der Waals surface area contributed by atoms with Gasteiger partial charge in [0.1, 0.15) is 11.6 Å². The SMILES string of the molecule is COc1c(C)cc(Cc2ccc(Cl)c(Cl)c2F)cc1C. The lowest BCUT2D eigenvalue weighted by molar-refractivity contribution is 0.408. The van der Waals surface area contributed by atoms with Crippen molar-refractivity contribution in [1.29, 1.82) is 0 Å². The highest BCUT2D eigenvalue weighted by atomic mass is 35.5. The summed E-state index contributed by atoms with van der Waals surface area (Å²) in [5.41, 5.74) is 3.60. The second kappa shape index (κ2) is 6.02. The molecule has 0 atom stereocenters. The summed E-state index contributed by atoms with van der Waals surface area (Å²) < 4.78 is 19.4. The average molecular weight is 313 g/mol. The fraction of sp³-hybridized carbons (Fsp3) is 0.250. The summed E-state index contributed by atoms with van der Waals surface area (Å²) in [5, 5.41) is 0.209. The Labute approximate surface area is 128 Å². The molecule has 2 aromatic carbocycles. The molecular formula is C16H15Cl2FO. The summed E-state index contributed by atoms with van der Waals surface area (Å²) in [7, 11) is 1.65. The molecule has 0 N–H and O–H groups in total. The van der Waals surface area contributed by atoms with Crippen molar-refractivity contribution in [3.8, 4) is 5.75 Å². The van der Waals surface area contributed by atoms with Crippen molar-refractivity contribution < 1.29 is 9.13 Å². The first-order valence-corrected chi connectivity index (χ1v) is 6.96. The third-order valence-corrected chi connectivity index (χ3v) is 4.02. The molecule has 0 aromatic heterocycles. The molecule has 0 aliphatic heterocycles. The van der Waals surface area contributed by atoms with Gasteiger partial charge in [0.05, 0.1) is 17.2 Å². The van der Waals surface area contributed by atoms with E-state index >= 15 is 0 Å². The first kappa shape index (κ1) is 15.1. The van der Waals surface area contributed by atoms with Crippen molar-refractivity contribution >= 4 is 23.2 Å². The van der Waals surface area contributed by atoms with Gasteiger partial charge >= 0.3 is 0 Å². The summed E-state index contributed by atoms with van der Waals surface area (Å²) in [6, 6.07) is 7.27. The Kier molecular flexibility index (Phi) is 4.56. The third-order valence-electron chi connectivity index (χ3n) is 3.23. The summed E-state index contributed by atoms with van der Waals surface area (Å²) in [4.78, 5) is 0. The molecule has 2 rings (SSSR count). The second-order valence-corrected chi connectivity index (χ2v) is 5.56. The molecule has 0 unspecified atom stereocenters. The Morgan fingerprint density at radius 1 is 1.10 bits per heavy atom. The standard InChI is InChI=1S/C16H15Cl2FO/c1-9-6-11(7-10(2)16(9)20-3)8-12-4-5-13(17)14(18)15(12)19/h4-7H,8H2,1-3H3. The average Bonchev–Trinajstić information content (AvgIpc) is 2.39. The van der Waals surface area contributed by atoms with Crippen LogP contribution >= 0.6 is 23.2 Å². The number of hydrogen-bond acceptors (Lipinski definition) is 1. The molecule has 106 valence electrons. The van der Waals surface area contributed by atoms with Crippen LogP contribution in [0.3, 0.4) is 0 Å². The maximum atomic E-state index is 14.1. The van der Waals surface area contributed by atoms with E-state index in [1.807, 2.05) is 26.0 Å². The minimum atomic E-state index is -0.453. The molecule has 0 bridgehead atoms. The van der Waals surface area contributed by atoms with Crippen molar-refractivity contribution in [2.75, 3.05) is 7.11 Å². The highest BCUT2D eigenvalue weighted by molar-refractivity contribution is 6.42. The molecule has 0 amide bonds. The van der Waals surface area contributed by atoms with Crippen molar-refractivity contribution in [1.82, 2.24) is 0 Å². The van der Waals surface area contributed by atoms with Gasteiger partial charge in [-0.05, 0) is 42.2 Å². The third kappa shape index (κ3) is 2.92. The van der Waals surface area contributed by atoms with Crippen LogP contribution in [-0.4, -0.2) is 7.11 Å². The van der Waals surface area contributed by atoms with Crippen molar-refractivity contribution in [2.24, 2.45) is 0 Å². The van der Waals surface area contributed by atoms with E-state index in [0.717, 1.165) is 22.4 Å². The van der Waals surface area contributed by atoms with Gasteiger partial charge in [0, 0.05) is 6.42 Å². The van der Waals surface area contributed by atoms with Gasteiger partial charge in [-0.25, -0.2) is 4.39 Å². The number of methoxy groups -OCH3 is 1. The Morgan fingerprint density at radius 3 is 2.25 bits per heavy atom. The molecule has 0 radical (unpaired) electrons. The van der Waals surface area contributed by atoms with Crippen LogP contribution in [0.2, 0.25) is 10.0 Å². The van der Waals surface area contributed by atoms with Crippen LogP contribution in [0.4, 0.5) is 4.39 Å². The van der Waals surface area contributed by atoms with E-state index in [0.29, 0.717) is 12.0 Å².